The molecule has 1 aromatic rings. The van der Waals surface area contributed by atoms with Gasteiger partial charge in [0.15, 0.2) is 0 Å². The van der Waals surface area contributed by atoms with Gasteiger partial charge >= 0.3 is 0 Å². The van der Waals surface area contributed by atoms with Crippen LogP contribution in [0.4, 0.5) is 0 Å². The van der Waals surface area contributed by atoms with Crippen molar-refractivity contribution >= 4 is 0 Å². The van der Waals surface area contributed by atoms with Crippen molar-refractivity contribution in [1.82, 2.24) is 5.43 Å². The molecule has 3 N–H and O–H groups in total. The number of nitrogens with one attached hydrogen (secondary N) is 1. The van der Waals surface area contributed by atoms with Crippen LogP contribution in [0.3, 0.4) is 0 Å². The van der Waals surface area contributed by atoms with Crippen molar-refractivity contribution in [1.29, 1.82) is 0 Å². The highest BCUT2D eigenvalue weighted by Crippen LogP contribution is 2.34. The van der Waals surface area contributed by atoms with Crippen LogP contribution >= 0.6 is 0 Å². The van der Waals surface area contributed by atoms with Gasteiger partial charge in [0.1, 0.15) is 0 Å². The molecule has 1 aromatic carbocycles. The van der Waals surface area contributed by atoms with Gasteiger partial charge in [-0.25, -0.2) is 0 Å². The second-order valence-corrected chi connectivity index (χ2v) is 6.72. The Hall–Kier alpha value is -0.860. The average molecular weight is 288 g/mol. The fourth-order valence-corrected chi connectivity index (χ4v) is 3.91. The number of hydrogen-bond donors (Lipinski definition) is 2. The molecule has 0 aliphatic heterocycles. The van der Waals surface area contributed by atoms with Gasteiger partial charge in [-0.2, -0.15) is 0 Å². The molecule has 0 aromatic heterocycles. The van der Waals surface area contributed by atoms with E-state index in [0.717, 1.165) is 11.8 Å². The number of hydrazine groups is 1. The molecule has 1 fully saturated rings. The Balaban J connectivity index is 1.71. The number of nitrogens with two attached hydrogens (primary N) is 1. The van der Waals surface area contributed by atoms with Gasteiger partial charge in [-0.3, -0.25) is 11.3 Å². The summed E-state index contributed by atoms with van der Waals surface area (Å²) in [4.78, 5) is 0. The topological polar surface area (TPSA) is 38.0 Å². The van der Waals surface area contributed by atoms with Crippen molar-refractivity contribution in [3.05, 3.63) is 35.9 Å². The molecule has 1 atom stereocenters. The van der Waals surface area contributed by atoms with E-state index in [4.69, 9.17) is 5.84 Å². The first-order chi connectivity index (χ1) is 10.3. The summed E-state index contributed by atoms with van der Waals surface area (Å²) in [5, 5.41) is 0. The summed E-state index contributed by atoms with van der Waals surface area (Å²) >= 11 is 0. The molecule has 2 heteroatoms. The standard InChI is InChI=1S/C19H32N2/c1-2-7-16-12-14-18(15-13-16)19(21-20)11-6-10-17-8-4-3-5-9-17/h3-5,8-9,16,18-19,21H,2,6-7,10-15,20H2,1H3. The van der Waals surface area contributed by atoms with E-state index >= 15 is 0 Å². The van der Waals surface area contributed by atoms with Gasteiger partial charge in [0.05, 0.1) is 0 Å². The van der Waals surface area contributed by atoms with Crippen LogP contribution in [0, 0.1) is 11.8 Å². The van der Waals surface area contributed by atoms with Gasteiger partial charge in [-0.1, -0.05) is 62.9 Å². The normalized spacial score (nSPS) is 23.9. The van der Waals surface area contributed by atoms with Crippen molar-refractivity contribution < 1.29 is 0 Å². The van der Waals surface area contributed by atoms with E-state index in [1.807, 2.05) is 0 Å². The maximum absolute atomic E-state index is 5.83. The smallest absolute Gasteiger partial charge is 0.0238 e. The Morgan fingerprint density at radius 2 is 1.86 bits per heavy atom. The minimum atomic E-state index is 0.510. The Morgan fingerprint density at radius 3 is 2.48 bits per heavy atom. The first-order valence-corrected chi connectivity index (χ1v) is 8.83. The van der Waals surface area contributed by atoms with Crippen LogP contribution in [-0.4, -0.2) is 6.04 Å². The van der Waals surface area contributed by atoms with Crippen LogP contribution in [0.2, 0.25) is 0 Å². The Labute approximate surface area is 130 Å². The monoisotopic (exact) mass is 288 g/mol. The molecule has 0 saturated heterocycles. The molecule has 1 unspecified atom stereocenters. The third-order valence-electron chi connectivity index (χ3n) is 5.19. The highest BCUT2D eigenvalue weighted by molar-refractivity contribution is 5.14. The summed E-state index contributed by atoms with van der Waals surface area (Å²) in [5.41, 5.74) is 4.55. The number of benzene rings is 1. The van der Waals surface area contributed by atoms with Gasteiger partial charge in [0.25, 0.3) is 0 Å². The van der Waals surface area contributed by atoms with E-state index in [0.29, 0.717) is 6.04 Å². The molecule has 0 spiro atoms. The van der Waals surface area contributed by atoms with Crippen LogP contribution in [-0.2, 0) is 6.42 Å². The summed E-state index contributed by atoms with van der Waals surface area (Å²) in [5.74, 6) is 7.60. The molecule has 0 amide bonds. The van der Waals surface area contributed by atoms with E-state index in [9.17, 15) is 0 Å². The van der Waals surface area contributed by atoms with Crippen molar-refractivity contribution in [2.45, 2.75) is 70.8 Å². The first kappa shape index (κ1) is 16.5. The summed E-state index contributed by atoms with van der Waals surface area (Å²) in [6.07, 6.45) is 11.9. The summed E-state index contributed by atoms with van der Waals surface area (Å²) in [6, 6.07) is 11.3. The SMILES string of the molecule is CCCC1CCC(C(CCCc2ccccc2)NN)CC1. The lowest BCUT2D eigenvalue weighted by Crippen LogP contribution is -2.42. The minimum Gasteiger partial charge on any atom is -0.271 e. The van der Waals surface area contributed by atoms with Gasteiger partial charge in [0.2, 0.25) is 0 Å². The van der Waals surface area contributed by atoms with Gasteiger partial charge in [-0.15, -0.1) is 0 Å². The third-order valence-corrected chi connectivity index (χ3v) is 5.19. The molecular weight excluding hydrogens is 256 g/mol. The summed E-state index contributed by atoms with van der Waals surface area (Å²) in [6.45, 7) is 2.31. The zero-order valence-corrected chi connectivity index (χ0v) is 13.6. The molecule has 1 aliphatic carbocycles. The lowest BCUT2D eigenvalue weighted by molar-refractivity contribution is 0.206. The predicted molar refractivity (Wildman–Crippen MR) is 90.8 cm³/mol. The molecule has 21 heavy (non-hydrogen) atoms. The maximum atomic E-state index is 5.83. The molecule has 1 saturated carbocycles. The Morgan fingerprint density at radius 1 is 1.14 bits per heavy atom. The van der Waals surface area contributed by atoms with E-state index in [1.165, 1.54) is 63.4 Å². The second kappa shape index (κ2) is 9.22. The van der Waals surface area contributed by atoms with Gasteiger partial charge in [-0.05, 0) is 49.5 Å². The van der Waals surface area contributed by atoms with E-state index < -0.39 is 0 Å². The van der Waals surface area contributed by atoms with Gasteiger partial charge in [0, 0.05) is 6.04 Å². The highest BCUT2D eigenvalue weighted by atomic mass is 15.2. The summed E-state index contributed by atoms with van der Waals surface area (Å²) in [7, 11) is 0. The molecular formula is C19H32N2. The molecule has 0 radical (unpaired) electrons. The van der Waals surface area contributed by atoms with Crippen molar-refractivity contribution in [2.75, 3.05) is 0 Å². The lowest BCUT2D eigenvalue weighted by Gasteiger charge is -2.33. The average Bonchev–Trinajstić information content (AvgIpc) is 2.54. The summed E-state index contributed by atoms with van der Waals surface area (Å²) < 4.78 is 0. The Bertz CT molecular complexity index is 368. The van der Waals surface area contributed by atoms with Crippen LogP contribution < -0.4 is 11.3 Å². The van der Waals surface area contributed by atoms with E-state index in [1.54, 1.807) is 0 Å². The predicted octanol–water partition coefficient (Wildman–Crippen LogP) is 4.45. The Kier molecular flexibility index (Phi) is 7.25. The molecule has 2 rings (SSSR count). The highest BCUT2D eigenvalue weighted by Gasteiger charge is 2.26. The van der Waals surface area contributed by atoms with Crippen molar-refractivity contribution in [2.24, 2.45) is 17.7 Å². The van der Waals surface area contributed by atoms with Crippen LogP contribution in [0.5, 0.6) is 0 Å². The van der Waals surface area contributed by atoms with Gasteiger partial charge < -0.3 is 0 Å². The first-order valence-electron chi connectivity index (χ1n) is 8.83. The number of aryl methyl sites for hydroxylation is 1. The fourth-order valence-electron chi connectivity index (χ4n) is 3.91. The molecule has 0 bridgehead atoms. The van der Waals surface area contributed by atoms with Crippen LogP contribution in [0.15, 0.2) is 30.3 Å². The van der Waals surface area contributed by atoms with Crippen molar-refractivity contribution in [3.8, 4) is 0 Å². The number of hydrogen-bond acceptors (Lipinski definition) is 2. The van der Waals surface area contributed by atoms with Crippen molar-refractivity contribution in [3.63, 3.8) is 0 Å². The van der Waals surface area contributed by atoms with Crippen LogP contribution in [0.1, 0.15) is 63.9 Å². The second-order valence-electron chi connectivity index (χ2n) is 6.72. The zero-order valence-electron chi connectivity index (χ0n) is 13.6. The largest absolute Gasteiger partial charge is 0.271 e. The molecule has 2 nitrogen and oxygen atoms in total. The quantitative estimate of drug-likeness (QED) is 0.548. The number of rotatable bonds is 8. The molecule has 1 aliphatic rings. The van der Waals surface area contributed by atoms with E-state index in [2.05, 4.69) is 42.7 Å². The lowest BCUT2D eigenvalue weighted by atomic mass is 9.76. The van der Waals surface area contributed by atoms with Crippen LogP contribution in [0.25, 0.3) is 0 Å². The molecule has 118 valence electrons. The van der Waals surface area contributed by atoms with E-state index in [-0.39, 0.29) is 0 Å². The fraction of sp³-hybridized carbons (Fsp3) is 0.684. The molecule has 0 heterocycles. The maximum Gasteiger partial charge on any atom is 0.0238 e. The zero-order chi connectivity index (χ0) is 14.9. The third kappa shape index (κ3) is 5.44. The minimum absolute atomic E-state index is 0.510.